The van der Waals surface area contributed by atoms with Crippen LogP contribution < -0.4 is 10.9 Å². The standard InChI is InChI=1S/C13H10N4O2S/c1-7-3-2-4-9-11(7)16-13(20-9)17-12(19)8-5-10(18)15-6-14-8/h2-6H,1H3,(H,14,15,18)(H,16,17,19). The van der Waals surface area contributed by atoms with Crippen molar-refractivity contribution in [3.8, 4) is 0 Å². The molecule has 0 aliphatic rings. The smallest absolute Gasteiger partial charge is 0.276 e. The minimum Gasteiger partial charge on any atom is -0.313 e. The van der Waals surface area contributed by atoms with Gasteiger partial charge in [0.05, 0.1) is 16.5 Å². The SMILES string of the molecule is Cc1cccc2sc(NC(=O)c3cc(=O)[nH]cn3)nc12. The topological polar surface area (TPSA) is 87.7 Å². The number of hydrogen-bond acceptors (Lipinski definition) is 5. The quantitative estimate of drug-likeness (QED) is 0.753. The van der Waals surface area contributed by atoms with Crippen LogP contribution in [0.5, 0.6) is 0 Å². The van der Waals surface area contributed by atoms with Crippen molar-refractivity contribution in [2.45, 2.75) is 6.92 Å². The summed E-state index contributed by atoms with van der Waals surface area (Å²) in [4.78, 5) is 33.7. The molecule has 0 aliphatic heterocycles. The minimum absolute atomic E-state index is 0.0599. The van der Waals surface area contributed by atoms with Crippen LogP contribution in [0.4, 0.5) is 5.13 Å². The van der Waals surface area contributed by atoms with Gasteiger partial charge in [0.2, 0.25) is 0 Å². The molecule has 0 spiro atoms. The first-order valence-corrected chi connectivity index (χ1v) is 6.67. The fraction of sp³-hybridized carbons (Fsp3) is 0.0769. The number of anilines is 1. The van der Waals surface area contributed by atoms with Gasteiger partial charge in [-0.2, -0.15) is 0 Å². The third-order valence-electron chi connectivity index (χ3n) is 2.75. The Bertz CT molecular complexity index is 853. The highest BCUT2D eigenvalue weighted by Gasteiger charge is 2.12. The van der Waals surface area contributed by atoms with Gasteiger partial charge < -0.3 is 4.98 Å². The molecule has 6 nitrogen and oxygen atoms in total. The van der Waals surface area contributed by atoms with Gasteiger partial charge in [-0.1, -0.05) is 23.5 Å². The number of amides is 1. The van der Waals surface area contributed by atoms with Gasteiger partial charge >= 0.3 is 0 Å². The zero-order chi connectivity index (χ0) is 14.1. The van der Waals surface area contributed by atoms with E-state index in [1.807, 2.05) is 25.1 Å². The van der Waals surface area contributed by atoms with Gasteiger partial charge in [-0.3, -0.25) is 14.9 Å². The van der Waals surface area contributed by atoms with E-state index in [1.165, 1.54) is 17.7 Å². The van der Waals surface area contributed by atoms with Crippen LogP contribution in [-0.4, -0.2) is 20.9 Å². The van der Waals surface area contributed by atoms with E-state index in [0.29, 0.717) is 5.13 Å². The molecule has 2 N–H and O–H groups in total. The number of fused-ring (bicyclic) bond motifs is 1. The van der Waals surface area contributed by atoms with Crippen LogP contribution in [0.1, 0.15) is 16.1 Å². The number of carbonyl (C=O) groups is 1. The van der Waals surface area contributed by atoms with Crippen molar-refractivity contribution < 1.29 is 4.79 Å². The van der Waals surface area contributed by atoms with Crippen LogP contribution in [0, 0.1) is 6.92 Å². The maximum atomic E-state index is 12.0. The molecule has 0 aliphatic carbocycles. The predicted octanol–water partition coefficient (Wildman–Crippen LogP) is 1.94. The van der Waals surface area contributed by atoms with E-state index >= 15 is 0 Å². The second-order valence-corrected chi connectivity index (χ2v) is 5.22. The molecule has 1 amide bonds. The molecule has 2 heterocycles. The fourth-order valence-electron chi connectivity index (χ4n) is 1.79. The van der Waals surface area contributed by atoms with E-state index in [4.69, 9.17) is 0 Å². The van der Waals surface area contributed by atoms with Crippen LogP contribution in [0.2, 0.25) is 0 Å². The monoisotopic (exact) mass is 286 g/mol. The Labute approximate surface area is 117 Å². The summed E-state index contributed by atoms with van der Waals surface area (Å²) in [5.41, 5.74) is 1.61. The highest BCUT2D eigenvalue weighted by Crippen LogP contribution is 2.27. The average molecular weight is 286 g/mol. The maximum Gasteiger partial charge on any atom is 0.276 e. The fourth-order valence-corrected chi connectivity index (χ4v) is 2.73. The second kappa shape index (κ2) is 4.86. The van der Waals surface area contributed by atoms with E-state index in [1.54, 1.807) is 0 Å². The van der Waals surface area contributed by atoms with Crippen LogP contribution in [0.15, 0.2) is 35.4 Å². The Morgan fingerprint density at radius 1 is 1.40 bits per heavy atom. The number of benzene rings is 1. The van der Waals surface area contributed by atoms with Crippen molar-refractivity contribution in [1.82, 2.24) is 15.0 Å². The lowest BCUT2D eigenvalue weighted by Crippen LogP contribution is -2.17. The summed E-state index contributed by atoms with van der Waals surface area (Å²) < 4.78 is 0.999. The second-order valence-electron chi connectivity index (χ2n) is 4.19. The molecular weight excluding hydrogens is 276 g/mol. The third-order valence-corrected chi connectivity index (χ3v) is 3.69. The maximum absolute atomic E-state index is 12.0. The first-order valence-electron chi connectivity index (χ1n) is 5.86. The van der Waals surface area contributed by atoms with Gasteiger partial charge in [0, 0.05) is 6.07 Å². The molecule has 1 aromatic carbocycles. The van der Waals surface area contributed by atoms with Crippen molar-refractivity contribution in [1.29, 1.82) is 0 Å². The lowest BCUT2D eigenvalue weighted by Gasteiger charge is -1.99. The Morgan fingerprint density at radius 2 is 2.25 bits per heavy atom. The first-order chi connectivity index (χ1) is 9.63. The Hall–Kier alpha value is -2.54. The van der Waals surface area contributed by atoms with Crippen LogP contribution in [0.25, 0.3) is 10.2 Å². The number of aryl methyl sites for hydroxylation is 1. The number of carbonyl (C=O) groups excluding carboxylic acids is 1. The summed E-state index contributed by atoms with van der Waals surface area (Å²) in [6, 6.07) is 7.00. The molecule has 0 fully saturated rings. The van der Waals surface area contributed by atoms with Crippen LogP contribution in [0.3, 0.4) is 0 Å². The van der Waals surface area contributed by atoms with Gasteiger partial charge in [-0.15, -0.1) is 0 Å². The molecule has 3 rings (SSSR count). The van der Waals surface area contributed by atoms with E-state index in [0.717, 1.165) is 21.8 Å². The van der Waals surface area contributed by atoms with E-state index in [-0.39, 0.29) is 11.3 Å². The normalized spacial score (nSPS) is 10.7. The number of thiazole rings is 1. The number of hydrogen-bond donors (Lipinski definition) is 2. The molecule has 0 radical (unpaired) electrons. The van der Waals surface area contributed by atoms with Crippen LogP contribution >= 0.6 is 11.3 Å². The predicted molar refractivity (Wildman–Crippen MR) is 77.2 cm³/mol. The highest BCUT2D eigenvalue weighted by atomic mass is 32.1. The van der Waals surface area contributed by atoms with Crippen molar-refractivity contribution in [3.63, 3.8) is 0 Å². The number of nitrogens with one attached hydrogen (secondary N) is 2. The summed E-state index contributed by atoms with van der Waals surface area (Å²) in [7, 11) is 0. The summed E-state index contributed by atoms with van der Waals surface area (Å²) >= 11 is 1.38. The Kier molecular flexibility index (Phi) is 3.03. The number of aromatic nitrogens is 3. The lowest BCUT2D eigenvalue weighted by atomic mass is 10.2. The van der Waals surface area contributed by atoms with Crippen LogP contribution in [-0.2, 0) is 0 Å². The van der Waals surface area contributed by atoms with Gasteiger partial charge in [-0.05, 0) is 18.6 Å². The molecule has 7 heteroatoms. The zero-order valence-corrected chi connectivity index (χ0v) is 11.3. The summed E-state index contributed by atoms with van der Waals surface area (Å²) in [5.74, 6) is -0.451. The number of para-hydroxylation sites is 1. The van der Waals surface area contributed by atoms with Crippen molar-refractivity contribution in [2.75, 3.05) is 5.32 Å². The third kappa shape index (κ3) is 2.30. The number of aromatic amines is 1. The Balaban J connectivity index is 1.91. The average Bonchev–Trinajstić information content (AvgIpc) is 2.83. The molecule has 20 heavy (non-hydrogen) atoms. The molecule has 2 aromatic heterocycles. The van der Waals surface area contributed by atoms with Gasteiger partial charge in [0.25, 0.3) is 11.5 Å². The summed E-state index contributed by atoms with van der Waals surface area (Å²) in [6.07, 6.45) is 1.19. The molecule has 0 bridgehead atoms. The largest absolute Gasteiger partial charge is 0.313 e. The van der Waals surface area contributed by atoms with E-state index in [9.17, 15) is 9.59 Å². The molecule has 3 aromatic rings. The zero-order valence-electron chi connectivity index (χ0n) is 10.5. The molecule has 0 saturated heterocycles. The molecule has 0 saturated carbocycles. The molecule has 0 atom stereocenters. The first kappa shape index (κ1) is 12.5. The Morgan fingerprint density at radius 3 is 3.00 bits per heavy atom. The molecule has 100 valence electrons. The van der Waals surface area contributed by atoms with Gasteiger partial charge in [0.15, 0.2) is 5.13 Å². The molecular formula is C13H10N4O2S. The summed E-state index contributed by atoms with van der Waals surface area (Å²) in [5, 5.41) is 3.14. The highest BCUT2D eigenvalue weighted by molar-refractivity contribution is 7.22. The van der Waals surface area contributed by atoms with Crippen molar-refractivity contribution in [2.24, 2.45) is 0 Å². The summed E-state index contributed by atoms with van der Waals surface area (Å²) in [6.45, 7) is 1.96. The lowest BCUT2D eigenvalue weighted by molar-refractivity contribution is 0.102. The number of rotatable bonds is 2. The van der Waals surface area contributed by atoms with Gasteiger partial charge in [-0.25, -0.2) is 9.97 Å². The van der Waals surface area contributed by atoms with Crippen molar-refractivity contribution in [3.05, 3.63) is 52.2 Å². The van der Waals surface area contributed by atoms with E-state index < -0.39 is 5.91 Å². The van der Waals surface area contributed by atoms with E-state index in [2.05, 4.69) is 20.3 Å². The number of H-pyrrole nitrogens is 1. The minimum atomic E-state index is -0.451. The molecule has 0 unspecified atom stereocenters. The van der Waals surface area contributed by atoms with Crippen molar-refractivity contribution >= 4 is 32.6 Å². The van der Waals surface area contributed by atoms with Gasteiger partial charge in [0.1, 0.15) is 5.69 Å². The number of nitrogens with zero attached hydrogens (tertiary/aromatic N) is 2.